The van der Waals surface area contributed by atoms with Gasteiger partial charge in [0.2, 0.25) is 0 Å². The third kappa shape index (κ3) is 2.41. The van der Waals surface area contributed by atoms with E-state index < -0.39 is 0 Å². The zero-order chi connectivity index (χ0) is 16.8. The first kappa shape index (κ1) is 15.9. The van der Waals surface area contributed by atoms with Gasteiger partial charge in [0.15, 0.2) is 0 Å². The van der Waals surface area contributed by atoms with E-state index in [9.17, 15) is 9.18 Å². The Morgan fingerprint density at radius 2 is 2.09 bits per heavy atom. The highest BCUT2D eigenvalue weighted by Gasteiger charge is 2.48. The molecule has 1 unspecified atom stereocenters. The molecule has 2 heterocycles. The fourth-order valence-electron chi connectivity index (χ4n) is 3.83. The molecule has 1 atom stereocenters. The van der Waals surface area contributed by atoms with Gasteiger partial charge in [0.1, 0.15) is 5.82 Å². The van der Waals surface area contributed by atoms with Crippen molar-refractivity contribution in [2.75, 3.05) is 6.54 Å². The molecule has 0 aliphatic carbocycles. The lowest BCUT2D eigenvalue weighted by molar-refractivity contribution is -0.156. The third-order valence-corrected chi connectivity index (χ3v) is 5.23. The van der Waals surface area contributed by atoms with Crippen LogP contribution in [0.5, 0.6) is 0 Å². The normalized spacial score (nSPS) is 25.0. The number of benzene rings is 1. The van der Waals surface area contributed by atoms with E-state index in [4.69, 9.17) is 0 Å². The highest BCUT2D eigenvalue weighted by molar-refractivity contribution is 5.99. The van der Waals surface area contributed by atoms with Crippen LogP contribution in [0, 0.1) is 5.82 Å². The second-order valence-corrected chi connectivity index (χ2v) is 6.74. The van der Waals surface area contributed by atoms with Gasteiger partial charge in [-0.1, -0.05) is 24.8 Å². The fraction of sp³-hybridized carbons (Fsp3) is 0.421. The highest BCUT2D eigenvalue weighted by atomic mass is 19.1. The molecule has 0 spiro atoms. The number of carbonyl (C=O) groups excluding carboxylic acids is 1. The van der Waals surface area contributed by atoms with Crippen molar-refractivity contribution in [1.29, 1.82) is 0 Å². The monoisotopic (exact) mass is 314 g/mol. The minimum Gasteiger partial charge on any atom is -0.268 e. The lowest BCUT2D eigenvalue weighted by Crippen LogP contribution is -2.59. The standard InChI is InChI=1S/C19H23FN2O/c1-13(2)17-14(3)19(4)10-7-11-22(19)21(18(17)23)12-15-8-5-6-9-16(15)20/h5-6,8-9H,1,7,10-12H2,2-4H3. The zero-order valence-electron chi connectivity index (χ0n) is 14.0. The summed E-state index contributed by atoms with van der Waals surface area (Å²) in [5.74, 6) is -0.345. The Morgan fingerprint density at radius 1 is 1.39 bits per heavy atom. The van der Waals surface area contributed by atoms with Crippen LogP contribution in [-0.2, 0) is 11.3 Å². The first-order valence-corrected chi connectivity index (χ1v) is 8.06. The molecule has 1 fully saturated rings. The molecule has 0 radical (unpaired) electrons. The summed E-state index contributed by atoms with van der Waals surface area (Å²) in [4.78, 5) is 13.0. The van der Waals surface area contributed by atoms with Crippen molar-refractivity contribution in [3.05, 3.63) is 58.9 Å². The Balaban J connectivity index is 2.05. The summed E-state index contributed by atoms with van der Waals surface area (Å²) in [5.41, 5.74) is 2.90. The molecule has 2 aliphatic heterocycles. The summed E-state index contributed by atoms with van der Waals surface area (Å²) in [6, 6.07) is 6.65. The first-order chi connectivity index (χ1) is 10.9. The van der Waals surface area contributed by atoms with Gasteiger partial charge in [-0.3, -0.25) is 9.80 Å². The van der Waals surface area contributed by atoms with Gasteiger partial charge in [0.05, 0.1) is 12.1 Å². The fourth-order valence-corrected chi connectivity index (χ4v) is 3.83. The number of hydrogen-bond donors (Lipinski definition) is 0. The molecule has 122 valence electrons. The number of nitrogens with zero attached hydrogens (tertiary/aromatic N) is 2. The van der Waals surface area contributed by atoms with Crippen LogP contribution in [0.4, 0.5) is 4.39 Å². The number of halogens is 1. The summed E-state index contributed by atoms with van der Waals surface area (Å²) < 4.78 is 14.1. The molecular weight excluding hydrogens is 291 g/mol. The second-order valence-electron chi connectivity index (χ2n) is 6.74. The van der Waals surface area contributed by atoms with Gasteiger partial charge in [0, 0.05) is 17.7 Å². The van der Waals surface area contributed by atoms with Crippen LogP contribution in [0.2, 0.25) is 0 Å². The van der Waals surface area contributed by atoms with Gasteiger partial charge in [0.25, 0.3) is 5.91 Å². The molecular formula is C19H23FN2O. The third-order valence-electron chi connectivity index (χ3n) is 5.23. The van der Waals surface area contributed by atoms with E-state index in [0.717, 1.165) is 30.5 Å². The van der Waals surface area contributed by atoms with Crippen LogP contribution in [-0.4, -0.2) is 28.0 Å². The molecule has 23 heavy (non-hydrogen) atoms. The molecule has 0 aromatic heterocycles. The van der Waals surface area contributed by atoms with Crippen LogP contribution >= 0.6 is 0 Å². The van der Waals surface area contributed by atoms with Gasteiger partial charge < -0.3 is 0 Å². The van der Waals surface area contributed by atoms with E-state index in [0.29, 0.717) is 11.1 Å². The Morgan fingerprint density at radius 3 is 2.74 bits per heavy atom. The van der Waals surface area contributed by atoms with Crippen molar-refractivity contribution >= 4 is 5.91 Å². The van der Waals surface area contributed by atoms with Crippen LogP contribution in [0.1, 0.15) is 39.2 Å². The maximum atomic E-state index is 14.1. The van der Waals surface area contributed by atoms with Gasteiger partial charge in [-0.05, 0) is 50.8 Å². The van der Waals surface area contributed by atoms with Gasteiger partial charge >= 0.3 is 0 Å². The highest BCUT2D eigenvalue weighted by Crippen LogP contribution is 2.43. The van der Waals surface area contributed by atoms with Crippen molar-refractivity contribution in [3.63, 3.8) is 0 Å². The number of hydrazine groups is 1. The minimum atomic E-state index is -0.274. The molecule has 4 heteroatoms. The molecule has 1 amide bonds. The number of hydrogen-bond acceptors (Lipinski definition) is 2. The van der Waals surface area contributed by atoms with E-state index in [1.807, 2.05) is 13.8 Å². The Kier molecular flexibility index (Phi) is 3.88. The molecule has 2 aliphatic rings. The topological polar surface area (TPSA) is 23.6 Å². The predicted molar refractivity (Wildman–Crippen MR) is 88.8 cm³/mol. The van der Waals surface area contributed by atoms with Gasteiger partial charge in [-0.15, -0.1) is 0 Å². The molecule has 0 bridgehead atoms. The van der Waals surface area contributed by atoms with Crippen LogP contribution in [0.25, 0.3) is 0 Å². The molecule has 1 aromatic carbocycles. The van der Waals surface area contributed by atoms with Crippen LogP contribution in [0.3, 0.4) is 0 Å². The average Bonchev–Trinajstić information content (AvgIpc) is 2.89. The molecule has 3 nitrogen and oxygen atoms in total. The molecule has 1 aromatic rings. The summed E-state index contributed by atoms with van der Waals surface area (Å²) in [6.45, 7) is 11.1. The lowest BCUT2D eigenvalue weighted by atomic mass is 9.83. The number of fused-ring (bicyclic) bond motifs is 1. The average molecular weight is 314 g/mol. The number of rotatable bonds is 3. The number of carbonyl (C=O) groups is 1. The minimum absolute atomic E-state index is 0.0716. The zero-order valence-corrected chi connectivity index (χ0v) is 14.0. The molecule has 1 saturated heterocycles. The van der Waals surface area contributed by atoms with E-state index in [-0.39, 0.29) is 23.8 Å². The van der Waals surface area contributed by atoms with E-state index in [2.05, 4.69) is 18.5 Å². The van der Waals surface area contributed by atoms with E-state index in [1.54, 1.807) is 23.2 Å². The largest absolute Gasteiger partial charge is 0.268 e. The van der Waals surface area contributed by atoms with Crippen molar-refractivity contribution in [2.45, 2.75) is 45.7 Å². The van der Waals surface area contributed by atoms with E-state index >= 15 is 0 Å². The summed E-state index contributed by atoms with van der Waals surface area (Å²) >= 11 is 0. The maximum absolute atomic E-state index is 14.1. The Hall–Kier alpha value is -1.94. The molecule has 0 saturated carbocycles. The van der Waals surface area contributed by atoms with E-state index in [1.165, 1.54) is 6.07 Å². The molecule has 3 rings (SSSR count). The van der Waals surface area contributed by atoms with Gasteiger partial charge in [-0.25, -0.2) is 9.40 Å². The second kappa shape index (κ2) is 5.60. The number of amides is 1. The smallest absolute Gasteiger partial charge is 0.268 e. The van der Waals surface area contributed by atoms with Crippen molar-refractivity contribution in [2.24, 2.45) is 0 Å². The van der Waals surface area contributed by atoms with Gasteiger partial charge in [-0.2, -0.15) is 0 Å². The Labute approximate surface area is 137 Å². The van der Waals surface area contributed by atoms with Crippen LogP contribution < -0.4 is 0 Å². The van der Waals surface area contributed by atoms with Crippen molar-refractivity contribution in [1.82, 2.24) is 10.0 Å². The quantitative estimate of drug-likeness (QED) is 0.846. The predicted octanol–water partition coefficient (Wildman–Crippen LogP) is 3.83. The summed E-state index contributed by atoms with van der Waals surface area (Å²) in [6.07, 6.45) is 2.02. The molecule has 0 N–H and O–H groups in total. The van der Waals surface area contributed by atoms with Crippen molar-refractivity contribution in [3.8, 4) is 0 Å². The first-order valence-electron chi connectivity index (χ1n) is 8.06. The maximum Gasteiger partial charge on any atom is 0.268 e. The lowest BCUT2D eigenvalue weighted by Gasteiger charge is -2.48. The van der Waals surface area contributed by atoms with Crippen molar-refractivity contribution < 1.29 is 9.18 Å². The SMILES string of the molecule is C=C(C)C1=C(C)C2(C)CCCN2N(Cc2ccccc2F)C1=O. The van der Waals surface area contributed by atoms with Crippen LogP contribution in [0.15, 0.2) is 47.6 Å². The summed E-state index contributed by atoms with van der Waals surface area (Å²) in [5, 5.41) is 3.83. The summed E-state index contributed by atoms with van der Waals surface area (Å²) in [7, 11) is 0. The Bertz CT molecular complexity index is 709.